The van der Waals surface area contributed by atoms with Crippen molar-refractivity contribution in [2.45, 2.75) is 39.9 Å². The van der Waals surface area contributed by atoms with E-state index >= 15 is 0 Å². The molecule has 1 aromatic rings. The molecular formula is C12H17IO2. The maximum Gasteiger partial charge on any atom is 0.136 e. The SMILES string of the molecule is CC(C)Oc1ccc(I)c(OC(C)C)c1. The van der Waals surface area contributed by atoms with Crippen LogP contribution in [0.15, 0.2) is 18.2 Å². The predicted molar refractivity (Wildman–Crippen MR) is 70.7 cm³/mol. The van der Waals surface area contributed by atoms with Crippen LogP contribution in [0, 0.1) is 3.57 Å². The first-order valence-corrected chi connectivity index (χ1v) is 6.19. The topological polar surface area (TPSA) is 18.5 Å². The fourth-order valence-electron chi connectivity index (χ4n) is 1.17. The number of halogens is 1. The largest absolute Gasteiger partial charge is 0.491 e. The van der Waals surface area contributed by atoms with Gasteiger partial charge in [-0.25, -0.2) is 0 Å². The van der Waals surface area contributed by atoms with E-state index in [1.165, 1.54) is 0 Å². The molecule has 0 aliphatic heterocycles. The monoisotopic (exact) mass is 320 g/mol. The lowest BCUT2D eigenvalue weighted by Gasteiger charge is -2.14. The van der Waals surface area contributed by atoms with Gasteiger partial charge in [0.2, 0.25) is 0 Å². The normalized spacial score (nSPS) is 10.9. The van der Waals surface area contributed by atoms with Crippen molar-refractivity contribution in [1.29, 1.82) is 0 Å². The highest BCUT2D eigenvalue weighted by atomic mass is 127. The van der Waals surface area contributed by atoms with Crippen molar-refractivity contribution in [3.05, 3.63) is 21.8 Å². The first-order chi connectivity index (χ1) is 6.99. The minimum Gasteiger partial charge on any atom is -0.491 e. The van der Waals surface area contributed by atoms with Crippen molar-refractivity contribution in [3.63, 3.8) is 0 Å². The molecule has 1 rings (SSSR count). The van der Waals surface area contributed by atoms with Crippen molar-refractivity contribution in [3.8, 4) is 11.5 Å². The molecule has 15 heavy (non-hydrogen) atoms. The molecule has 1 aromatic carbocycles. The van der Waals surface area contributed by atoms with Gasteiger partial charge in [-0.1, -0.05) is 0 Å². The fourth-order valence-corrected chi connectivity index (χ4v) is 1.64. The molecule has 0 unspecified atom stereocenters. The molecule has 0 N–H and O–H groups in total. The zero-order valence-electron chi connectivity index (χ0n) is 9.58. The van der Waals surface area contributed by atoms with Crippen LogP contribution in [0.4, 0.5) is 0 Å². The van der Waals surface area contributed by atoms with Crippen molar-refractivity contribution in [1.82, 2.24) is 0 Å². The van der Waals surface area contributed by atoms with Crippen LogP contribution in [0.2, 0.25) is 0 Å². The van der Waals surface area contributed by atoms with Crippen molar-refractivity contribution >= 4 is 22.6 Å². The summed E-state index contributed by atoms with van der Waals surface area (Å²) >= 11 is 2.26. The highest BCUT2D eigenvalue weighted by Crippen LogP contribution is 2.27. The summed E-state index contributed by atoms with van der Waals surface area (Å²) in [5.74, 6) is 1.75. The van der Waals surface area contributed by atoms with Gasteiger partial charge in [0.05, 0.1) is 15.8 Å². The van der Waals surface area contributed by atoms with Crippen LogP contribution in [0.1, 0.15) is 27.7 Å². The Kier molecular flexibility index (Phi) is 4.70. The molecule has 2 nitrogen and oxygen atoms in total. The molecule has 0 atom stereocenters. The second-order valence-corrected chi connectivity index (χ2v) is 5.09. The first kappa shape index (κ1) is 12.6. The van der Waals surface area contributed by atoms with Gasteiger partial charge in [0, 0.05) is 6.07 Å². The minimum atomic E-state index is 0.188. The van der Waals surface area contributed by atoms with Crippen LogP contribution >= 0.6 is 22.6 Å². The summed E-state index contributed by atoms with van der Waals surface area (Å²) < 4.78 is 12.4. The predicted octanol–water partition coefficient (Wildman–Crippen LogP) is 3.87. The zero-order valence-corrected chi connectivity index (χ0v) is 11.7. The molecule has 0 saturated carbocycles. The van der Waals surface area contributed by atoms with Crippen molar-refractivity contribution < 1.29 is 9.47 Å². The summed E-state index contributed by atoms with van der Waals surface area (Å²) in [5, 5.41) is 0. The Bertz CT molecular complexity index is 321. The number of hydrogen-bond donors (Lipinski definition) is 0. The molecule has 0 bridgehead atoms. The second-order valence-electron chi connectivity index (χ2n) is 3.93. The summed E-state index contributed by atoms with van der Waals surface area (Å²) in [4.78, 5) is 0. The zero-order chi connectivity index (χ0) is 11.4. The van der Waals surface area contributed by atoms with E-state index < -0.39 is 0 Å². The van der Waals surface area contributed by atoms with Gasteiger partial charge in [-0.3, -0.25) is 0 Å². The summed E-state index contributed by atoms with van der Waals surface area (Å²) in [6.07, 6.45) is 0.379. The van der Waals surface area contributed by atoms with Gasteiger partial charge >= 0.3 is 0 Å². The number of ether oxygens (including phenoxy) is 2. The number of hydrogen-bond acceptors (Lipinski definition) is 2. The molecule has 0 spiro atoms. The molecule has 84 valence electrons. The van der Waals surface area contributed by atoms with E-state index in [1.54, 1.807) is 0 Å². The summed E-state index contributed by atoms with van der Waals surface area (Å²) in [7, 11) is 0. The molecule has 0 radical (unpaired) electrons. The summed E-state index contributed by atoms with van der Waals surface area (Å²) in [5.41, 5.74) is 0. The first-order valence-electron chi connectivity index (χ1n) is 5.12. The van der Waals surface area contributed by atoms with Crippen LogP contribution in [0.25, 0.3) is 0 Å². The third-order valence-corrected chi connectivity index (χ3v) is 2.53. The molecule has 0 saturated heterocycles. The van der Waals surface area contributed by atoms with E-state index in [1.807, 2.05) is 45.9 Å². The lowest BCUT2D eigenvalue weighted by atomic mass is 10.3. The van der Waals surface area contributed by atoms with Gasteiger partial charge in [0.25, 0.3) is 0 Å². The number of rotatable bonds is 4. The maximum atomic E-state index is 5.68. The Morgan fingerprint density at radius 1 is 1.00 bits per heavy atom. The van der Waals surface area contributed by atoms with E-state index in [2.05, 4.69) is 22.6 Å². The quantitative estimate of drug-likeness (QED) is 0.784. The van der Waals surface area contributed by atoms with Crippen LogP contribution in [-0.2, 0) is 0 Å². The van der Waals surface area contributed by atoms with Crippen LogP contribution in [-0.4, -0.2) is 12.2 Å². The summed E-state index contributed by atoms with van der Waals surface area (Å²) in [6.45, 7) is 8.07. The second kappa shape index (κ2) is 5.58. The molecule has 0 heterocycles. The highest BCUT2D eigenvalue weighted by Gasteiger charge is 2.06. The van der Waals surface area contributed by atoms with Gasteiger partial charge in [0.15, 0.2) is 0 Å². The van der Waals surface area contributed by atoms with Gasteiger partial charge in [0.1, 0.15) is 11.5 Å². The van der Waals surface area contributed by atoms with Crippen molar-refractivity contribution in [2.75, 3.05) is 0 Å². The molecule has 0 aliphatic carbocycles. The van der Waals surface area contributed by atoms with Crippen LogP contribution in [0.3, 0.4) is 0 Å². The highest BCUT2D eigenvalue weighted by molar-refractivity contribution is 14.1. The Balaban J connectivity index is 2.85. The maximum absolute atomic E-state index is 5.68. The van der Waals surface area contributed by atoms with Crippen LogP contribution in [0.5, 0.6) is 11.5 Å². The average molecular weight is 320 g/mol. The van der Waals surface area contributed by atoms with Gasteiger partial charge in [-0.15, -0.1) is 0 Å². The number of benzene rings is 1. The Morgan fingerprint density at radius 3 is 2.13 bits per heavy atom. The Hall–Kier alpha value is -0.450. The Labute approximate surface area is 105 Å². The lowest BCUT2D eigenvalue weighted by molar-refractivity contribution is 0.228. The van der Waals surface area contributed by atoms with E-state index in [0.717, 1.165) is 15.1 Å². The van der Waals surface area contributed by atoms with E-state index in [4.69, 9.17) is 9.47 Å². The average Bonchev–Trinajstić information content (AvgIpc) is 2.09. The lowest BCUT2D eigenvalue weighted by Crippen LogP contribution is -2.08. The molecule has 0 aromatic heterocycles. The van der Waals surface area contributed by atoms with Gasteiger partial charge < -0.3 is 9.47 Å². The van der Waals surface area contributed by atoms with Crippen molar-refractivity contribution in [2.24, 2.45) is 0 Å². The summed E-state index contributed by atoms with van der Waals surface area (Å²) in [6, 6.07) is 5.92. The van der Waals surface area contributed by atoms with E-state index in [0.29, 0.717) is 0 Å². The van der Waals surface area contributed by atoms with Gasteiger partial charge in [-0.2, -0.15) is 0 Å². The molecular weight excluding hydrogens is 303 g/mol. The molecule has 0 amide bonds. The minimum absolute atomic E-state index is 0.188. The third-order valence-electron chi connectivity index (χ3n) is 1.64. The standard InChI is InChI=1S/C12H17IO2/c1-8(2)14-10-5-6-11(13)12(7-10)15-9(3)4/h5-9H,1-4H3. The fraction of sp³-hybridized carbons (Fsp3) is 0.500. The molecule has 0 aliphatic rings. The van der Waals surface area contributed by atoms with Crippen LogP contribution < -0.4 is 9.47 Å². The van der Waals surface area contributed by atoms with E-state index in [-0.39, 0.29) is 12.2 Å². The van der Waals surface area contributed by atoms with E-state index in [9.17, 15) is 0 Å². The van der Waals surface area contributed by atoms with Gasteiger partial charge in [-0.05, 0) is 62.4 Å². The molecule has 3 heteroatoms. The Morgan fingerprint density at radius 2 is 1.60 bits per heavy atom. The molecule has 0 fully saturated rings. The smallest absolute Gasteiger partial charge is 0.136 e. The third kappa shape index (κ3) is 4.28.